The van der Waals surface area contributed by atoms with Gasteiger partial charge >= 0.3 is 0 Å². The van der Waals surface area contributed by atoms with Crippen molar-refractivity contribution in [2.45, 2.75) is 46.1 Å². The van der Waals surface area contributed by atoms with Crippen molar-refractivity contribution in [3.05, 3.63) is 15.6 Å². The summed E-state index contributed by atoms with van der Waals surface area (Å²) < 4.78 is 0. The normalized spacial score (nSPS) is 20.9. The second-order valence-electron chi connectivity index (χ2n) is 4.46. The molecule has 1 atom stereocenters. The third-order valence-corrected chi connectivity index (χ3v) is 4.43. The molecule has 1 heterocycles. The van der Waals surface area contributed by atoms with Gasteiger partial charge in [0.1, 0.15) is 0 Å². The summed E-state index contributed by atoms with van der Waals surface area (Å²) in [7, 11) is 0. The van der Waals surface area contributed by atoms with E-state index >= 15 is 0 Å². The average Bonchev–Trinajstić information content (AvgIpc) is 2.78. The van der Waals surface area contributed by atoms with E-state index in [0.29, 0.717) is 0 Å². The molecule has 2 rings (SSSR count). The number of aliphatic hydroxyl groups excluding tert-OH is 1. The van der Waals surface area contributed by atoms with Crippen LogP contribution >= 0.6 is 11.3 Å². The van der Waals surface area contributed by atoms with E-state index in [1.807, 2.05) is 6.92 Å². The van der Waals surface area contributed by atoms with Gasteiger partial charge in [0.25, 0.3) is 0 Å². The number of aliphatic hydroxyl groups is 1. The lowest BCUT2D eigenvalue weighted by Crippen LogP contribution is -2.20. The molecule has 0 spiro atoms. The molecule has 1 aliphatic rings. The van der Waals surface area contributed by atoms with Crippen LogP contribution in [0.1, 0.15) is 35.3 Å². The van der Waals surface area contributed by atoms with Crippen molar-refractivity contribution in [2.24, 2.45) is 5.41 Å². The highest BCUT2D eigenvalue weighted by molar-refractivity contribution is 7.11. The lowest BCUT2D eigenvalue weighted by atomic mass is 9.97. The van der Waals surface area contributed by atoms with E-state index in [4.69, 9.17) is 0 Å². The lowest BCUT2D eigenvalue weighted by Gasteiger charge is -2.16. The summed E-state index contributed by atoms with van der Waals surface area (Å²) in [6.07, 6.45) is 3.08. The molecule has 78 valence electrons. The summed E-state index contributed by atoms with van der Waals surface area (Å²) in [5.41, 5.74) is 1.31. The van der Waals surface area contributed by atoms with Crippen LogP contribution in [0.25, 0.3) is 0 Å². The zero-order valence-corrected chi connectivity index (χ0v) is 9.82. The summed E-state index contributed by atoms with van der Waals surface area (Å²) in [6.45, 7) is 6.07. The maximum atomic E-state index is 9.66. The molecule has 3 heteroatoms. The van der Waals surface area contributed by atoms with Crippen LogP contribution in [0.5, 0.6) is 0 Å². The van der Waals surface area contributed by atoms with Crippen molar-refractivity contribution in [3.63, 3.8) is 0 Å². The number of hydrogen-bond acceptors (Lipinski definition) is 3. The van der Waals surface area contributed by atoms with Gasteiger partial charge < -0.3 is 5.11 Å². The summed E-state index contributed by atoms with van der Waals surface area (Å²) in [5.74, 6) is 0. The quantitative estimate of drug-likeness (QED) is 0.833. The van der Waals surface area contributed by atoms with E-state index in [-0.39, 0.29) is 11.5 Å². The number of nitrogens with zero attached hydrogens (tertiary/aromatic N) is 1. The Morgan fingerprint density at radius 2 is 2.14 bits per heavy atom. The minimum atomic E-state index is -0.188. The Labute approximate surface area is 89.0 Å². The zero-order chi connectivity index (χ0) is 10.3. The van der Waals surface area contributed by atoms with Gasteiger partial charge in [-0.3, -0.25) is 0 Å². The molecular weight excluding hydrogens is 194 g/mol. The molecule has 0 aliphatic heterocycles. The SMILES string of the molecule is Cc1nc(CC2(C(C)O)CC2)sc1C. The van der Waals surface area contributed by atoms with Gasteiger partial charge in [-0.05, 0) is 33.6 Å². The first-order valence-electron chi connectivity index (χ1n) is 5.14. The van der Waals surface area contributed by atoms with Gasteiger partial charge in [0, 0.05) is 16.7 Å². The fourth-order valence-corrected chi connectivity index (χ4v) is 2.91. The molecule has 0 aromatic carbocycles. The minimum absolute atomic E-state index is 0.163. The number of hydrogen-bond donors (Lipinski definition) is 1. The Hall–Kier alpha value is -0.410. The Morgan fingerprint density at radius 3 is 2.50 bits per heavy atom. The fourth-order valence-electron chi connectivity index (χ4n) is 1.82. The molecule has 1 N–H and O–H groups in total. The molecule has 1 saturated carbocycles. The largest absolute Gasteiger partial charge is 0.393 e. The van der Waals surface area contributed by atoms with Crippen molar-refractivity contribution >= 4 is 11.3 Å². The average molecular weight is 211 g/mol. The number of aromatic nitrogens is 1. The van der Waals surface area contributed by atoms with Crippen molar-refractivity contribution in [1.82, 2.24) is 4.98 Å². The van der Waals surface area contributed by atoms with Crippen LogP contribution in [-0.4, -0.2) is 16.2 Å². The molecule has 1 aliphatic carbocycles. The van der Waals surface area contributed by atoms with E-state index in [9.17, 15) is 5.11 Å². The zero-order valence-electron chi connectivity index (χ0n) is 9.00. The minimum Gasteiger partial charge on any atom is -0.393 e. The number of thiazole rings is 1. The van der Waals surface area contributed by atoms with Gasteiger partial charge in [0.05, 0.1) is 16.8 Å². The van der Waals surface area contributed by atoms with Crippen molar-refractivity contribution in [3.8, 4) is 0 Å². The van der Waals surface area contributed by atoms with E-state index in [2.05, 4.69) is 18.8 Å². The van der Waals surface area contributed by atoms with Gasteiger partial charge in [-0.25, -0.2) is 4.98 Å². The van der Waals surface area contributed by atoms with Gasteiger partial charge in [-0.1, -0.05) is 0 Å². The van der Waals surface area contributed by atoms with Crippen molar-refractivity contribution in [2.75, 3.05) is 0 Å². The van der Waals surface area contributed by atoms with E-state index < -0.39 is 0 Å². The van der Waals surface area contributed by atoms with Gasteiger partial charge in [0.15, 0.2) is 0 Å². The molecule has 0 amide bonds. The number of aryl methyl sites for hydroxylation is 2. The highest BCUT2D eigenvalue weighted by Gasteiger charge is 2.47. The molecule has 2 nitrogen and oxygen atoms in total. The van der Waals surface area contributed by atoms with E-state index in [1.165, 1.54) is 9.88 Å². The standard InChI is InChI=1S/C11H17NOS/c1-7-8(2)14-10(12-7)6-11(4-5-11)9(3)13/h9,13H,4-6H2,1-3H3. The second-order valence-corrected chi connectivity index (χ2v) is 5.75. The highest BCUT2D eigenvalue weighted by atomic mass is 32.1. The summed E-state index contributed by atoms with van der Waals surface area (Å²) >= 11 is 1.78. The fraction of sp³-hybridized carbons (Fsp3) is 0.727. The molecule has 14 heavy (non-hydrogen) atoms. The Balaban J connectivity index is 2.11. The molecule has 0 saturated heterocycles. The van der Waals surface area contributed by atoms with Crippen LogP contribution in [0.2, 0.25) is 0 Å². The second kappa shape index (κ2) is 3.31. The van der Waals surface area contributed by atoms with Crippen LogP contribution in [-0.2, 0) is 6.42 Å². The molecule has 0 radical (unpaired) electrons. The Bertz CT molecular complexity index is 320. The molecular formula is C11H17NOS. The van der Waals surface area contributed by atoms with Crippen molar-refractivity contribution < 1.29 is 5.11 Å². The first-order chi connectivity index (χ1) is 6.53. The van der Waals surface area contributed by atoms with Crippen LogP contribution < -0.4 is 0 Å². The van der Waals surface area contributed by atoms with Crippen LogP contribution in [0, 0.1) is 19.3 Å². The predicted octanol–water partition coefficient (Wildman–Crippen LogP) is 2.46. The first kappa shape index (κ1) is 10.1. The maximum absolute atomic E-state index is 9.66. The summed E-state index contributed by atoms with van der Waals surface area (Å²) in [6, 6.07) is 0. The molecule has 1 aromatic rings. The number of rotatable bonds is 3. The van der Waals surface area contributed by atoms with E-state index in [0.717, 1.165) is 25.0 Å². The molecule has 1 aromatic heterocycles. The van der Waals surface area contributed by atoms with E-state index in [1.54, 1.807) is 11.3 Å². The lowest BCUT2D eigenvalue weighted by molar-refractivity contribution is 0.110. The van der Waals surface area contributed by atoms with Crippen LogP contribution in [0.3, 0.4) is 0 Å². The summed E-state index contributed by atoms with van der Waals surface area (Å²) in [5, 5.41) is 10.8. The molecule has 1 fully saturated rings. The van der Waals surface area contributed by atoms with Crippen molar-refractivity contribution in [1.29, 1.82) is 0 Å². The predicted molar refractivity (Wildman–Crippen MR) is 58.6 cm³/mol. The van der Waals surface area contributed by atoms with Gasteiger partial charge in [0.2, 0.25) is 0 Å². The Kier molecular flexibility index (Phi) is 2.40. The first-order valence-corrected chi connectivity index (χ1v) is 5.96. The third kappa shape index (κ3) is 1.71. The third-order valence-electron chi connectivity index (χ3n) is 3.35. The topological polar surface area (TPSA) is 33.1 Å². The Morgan fingerprint density at radius 1 is 1.50 bits per heavy atom. The van der Waals surface area contributed by atoms with Crippen LogP contribution in [0.15, 0.2) is 0 Å². The molecule has 1 unspecified atom stereocenters. The maximum Gasteiger partial charge on any atom is 0.0937 e. The monoisotopic (exact) mass is 211 g/mol. The van der Waals surface area contributed by atoms with Crippen LogP contribution in [0.4, 0.5) is 0 Å². The smallest absolute Gasteiger partial charge is 0.0937 e. The van der Waals surface area contributed by atoms with Gasteiger partial charge in [-0.2, -0.15) is 0 Å². The summed E-state index contributed by atoms with van der Waals surface area (Å²) in [4.78, 5) is 5.83. The molecule has 0 bridgehead atoms. The highest BCUT2D eigenvalue weighted by Crippen LogP contribution is 2.51. The van der Waals surface area contributed by atoms with Gasteiger partial charge in [-0.15, -0.1) is 11.3 Å².